The lowest BCUT2D eigenvalue weighted by Crippen LogP contribution is -2.29. The zero-order chi connectivity index (χ0) is 18.5. The third kappa shape index (κ3) is 4.28. The topological polar surface area (TPSA) is 37.0 Å². The third-order valence-electron chi connectivity index (χ3n) is 5.37. The van der Waals surface area contributed by atoms with E-state index in [1.54, 1.807) is 12.1 Å². The van der Waals surface area contributed by atoms with Crippen molar-refractivity contribution in [2.45, 2.75) is 25.7 Å². The molecule has 2 aromatic carbocycles. The summed E-state index contributed by atoms with van der Waals surface area (Å²) in [5, 5.41) is 8.14. The van der Waals surface area contributed by atoms with E-state index in [-0.39, 0.29) is 5.82 Å². The molecule has 140 valence electrons. The van der Waals surface area contributed by atoms with E-state index in [1.807, 2.05) is 30.3 Å². The number of hydrogen-bond donors (Lipinski definition) is 2. The lowest BCUT2D eigenvalue weighted by molar-refractivity contribution is 0.353. The van der Waals surface area contributed by atoms with Gasteiger partial charge >= 0.3 is 0 Å². The number of benzene rings is 2. The largest absolute Gasteiger partial charge is 0.384 e. The van der Waals surface area contributed by atoms with Crippen LogP contribution in [0.1, 0.15) is 25.7 Å². The Morgan fingerprint density at radius 1 is 1.11 bits per heavy atom. The average Bonchev–Trinajstić information content (AvgIpc) is 2.72. The first-order valence-electron chi connectivity index (χ1n) is 9.90. The molecule has 1 fully saturated rings. The fourth-order valence-electron chi connectivity index (χ4n) is 3.91. The Morgan fingerprint density at radius 3 is 2.81 bits per heavy atom. The van der Waals surface area contributed by atoms with E-state index in [4.69, 9.17) is 0 Å². The standard InChI is InChI=1S/C23H26FN3/c24-20-11-3-1-9-18(20)23-15-22(19-10-2-4-12-21(19)27-23)26-14-6-8-17-7-5-13-25-16-17/h1-4,9-12,15,17,25H,5-8,13-14,16H2,(H,26,27). The maximum Gasteiger partial charge on any atom is 0.132 e. The number of piperidine rings is 1. The van der Waals surface area contributed by atoms with Crippen molar-refractivity contribution < 1.29 is 4.39 Å². The highest BCUT2D eigenvalue weighted by atomic mass is 19.1. The van der Waals surface area contributed by atoms with Gasteiger partial charge in [-0.2, -0.15) is 0 Å². The van der Waals surface area contributed by atoms with Crippen LogP contribution in [0, 0.1) is 11.7 Å². The van der Waals surface area contributed by atoms with Crippen molar-refractivity contribution in [2.75, 3.05) is 25.0 Å². The first-order chi connectivity index (χ1) is 13.3. The summed E-state index contributed by atoms with van der Waals surface area (Å²) in [6, 6.07) is 16.8. The summed E-state index contributed by atoms with van der Waals surface area (Å²) in [6.45, 7) is 3.23. The minimum atomic E-state index is -0.240. The Hall–Kier alpha value is -2.46. The zero-order valence-electron chi connectivity index (χ0n) is 15.5. The van der Waals surface area contributed by atoms with Gasteiger partial charge in [0.2, 0.25) is 0 Å². The minimum absolute atomic E-state index is 0.240. The molecule has 3 aromatic rings. The predicted octanol–water partition coefficient (Wildman–Crippen LogP) is 5.23. The molecule has 0 bridgehead atoms. The van der Waals surface area contributed by atoms with Crippen molar-refractivity contribution in [3.63, 3.8) is 0 Å². The van der Waals surface area contributed by atoms with Crippen LogP contribution in [-0.4, -0.2) is 24.6 Å². The van der Waals surface area contributed by atoms with Crippen LogP contribution in [0.2, 0.25) is 0 Å². The van der Waals surface area contributed by atoms with Crippen molar-refractivity contribution in [1.29, 1.82) is 0 Å². The number of anilines is 1. The van der Waals surface area contributed by atoms with Gasteiger partial charge in [-0.1, -0.05) is 30.3 Å². The Bertz CT molecular complexity index is 903. The molecule has 3 nitrogen and oxygen atoms in total. The molecular weight excluding hydrogens is 337 g/mol. The number of nitrogens with one attached hydrogen (secondary N) is 2. The van der Waals surface area contributed by atoms with Crippen LogP contribution in [0.15, 0.2) is 54.6 Å². The van der Waals surface area contributed by atoms with Gasteiger partial charge in [0.25, 0.3) is 0 Å². The molecule has 0 aliphatic carbocycles. The molecule has 1 aromatic heterocycles. The molecule has 4 rings (SSSR count). The maximum atomic E-state index is 14.3. The lowest BCUT2D eigenvalue weighted by Gasteiger charge is -2.22. The number of fused-ring (bicyclic) bond motifs is 1. The summed E-state index contributed by atoms with van der Waals surface area (Å²) in [7, 11) is 0. The number of aromatic nitrogens is 1. The number of hydrogen-bond acceptors (Lipinski definition) is 3. The smallest absolute Gasteiger partial charge is 0.132 e. The molecule has 0 spiro atoms. The normalized spacial score (nSPS) is 17.1. The van der Waals surface area contributed by atoms with E-state index < -0.39 is 0 Å². The SMILES string of the molecule is Fc1ccccc1-c1cc(NCCCC2CCCNC2)c2ccccc2n1. The van der Waals surface area contributed by atoms with E-state index in [1.165, 1.54) is 25.3 Å². The van der Waals surface area contributed by atoms with Gasteiger partial charge in [-0.25, -0.2) is 9.37 Å². The van der Waals surface area contributed by atoms with Crippen LogP contribution in [0.25, 0.3) is 22.2 Å². The molecule has 27 heavy (non-hydrogen) atoms. The van der Waals surface area contributed by atoms with Gasteiger partial charge in [0, 0.05) is 23.2 Å². The van der Waals surface area contributed by atoms with Crippen LogP contribution in [0.5, 0.6) is 0 Å². The van der Waals surface area contributed by atoms with Crippen molar-refractivity contribution in [3.8, 4) is 11.3 Å². The minimum Gasteiger partial charge on any atom is -0.384 e. The second-order valence-corrected chi connectivity index (χ2v) is 7.33. The van der Waals surface area contributed by atoms with Gasteiger partial charge in [-0.05, 0) is 69.0 Å². The number of pyridine rings is 1. The summed E-state index contributed by atoms with van der Waals surface area (Å²) >= 11 is 0. The molecule has 1 aliphatic rings. The highest BCUT2D eigenvalue weighted by Crippen LogP contribution is 2.29. The molecule has 0 radical (unpaired) electrons. The molecule has 1 atom stereocenters. The molecule has 2 N–H and O–H groups in total. The van der Waals surface area contributed by atoms with Gasteiger partial charge in [0.15, 0.2) is 0 Å². The molecule has 0 saturated carbocycles. The highest BCUT2D eigenvalue weighted by Gasteiger charge is 2.13. The van der Waals surface area contributed by atoms with Crippen molar-refractivity contribution in [2.24, 2.45) is 5.92 Å². The fraction of sp³-hybridized carbons (Fsp3) is 0.348. The summed E-state index contributed by atoms with van der Waals surface area (Å²) in [5.74, 6) is 0.555. The summed E-state index contributed by atoms with van der Waals surface area (Å²) in [6.07, 6.45) is 5.00. The number of para-hydroxylation sites is 1. The van der Waals surface area contributed by atoms with E-state index in [0.29, 0.717) is 11.3 Å². The number of halogens is 1. The monoisotopic (exact) mass is 363 g/mol. The summed E-state index contributed by atoms with van der Waals surface area (Å²) in [5.41, 5.74) is 3.13. The summed E-state index contributed by atoms with van der Waals surface area (Å²) < 4.78 is 14.3. The zero-order valence-corrected chi connectivity index (χ0v) is 15.5. The van der Waals surface area contributed by atoms with Crippen molar-refractivity contribution >= 4 is 16.6 Å². The fourth-order valence-corrected chi connectivity index (χ4v) is 3.91. The first-order valence-corrected chi connectivity index (χ1v) is 9.90. The molecule has 1 aliphatic heterocycles. The molecule has 0 amide bonds. The Balaban J connectivity index is 1.53. The third-order valence-corrected chi connectivity index (χ3v) is 5.37. The molecule has 2 heterocycles. The van der Waals surface area contributed by atoms with Gasteiger partial charge in [0.05, 0.1) is 11.2 Å². The van der Waals surface area contributed by atoms with Gasteiger partial charge in [-0.15, -0.1) is 0 Å². The van der Waals surface area contributed by atoms with E-state index in [0.717, 1.165) is 48.6 Å². The van der Waals surface area contributed by atoms with Gasteiger partial charge < -0.3 is 10.6 Å². The predicted molar refractivity (Wildman–Crippen MR) is 110 cm³/mol. The Morgan fingerprint density at radius 2 is 1.96 bits per heavy atom. The van der Waals surface area contributed by atoms with Crippen molar-refractivity contribution in [1.82, 2.24) is 10.3 Å². The van der Waals surface area contributed by atoms with E-state index in [2.05, 4.69) is 21.7 Å². The second-order valence-electron chi connectivity index (χ2n) is 7.33. The van der Waals surface area contributed by atoms with Crippen LogP contribution in [0.4, 0.5) is 10.1 Å². The van der Waals surface area contributed by atoms with Crippen LogP contribution < -0.4 is 10.6 Å². The molecular formula is C23H26FN3. The second kappa shape index (κ2) is 8.49. The Kier molecular flexibility index (Phi) is 5.64. The van der Waals surface area contributed by atoms with E-state index >= 15 is 0 Å². The lowest BCUT2D eigenvalue weighted by atomic mass is 9.95. The summed E-state index contributed by atoms with van der Waals surface area (Å²) in [4.78, 5) is 4.68. The van der Waals surface area contributed by atoms with Crippen molar-refractivity contribution in [3.05, 3.63) is 60.4 Å². The van der Waals surface area contributed by atoms with Crippen LogP contribution >= 0.6 is 0 Å². The molecule has 4 heteroatoms. The Labute approximate surface area is 160 Å². The molecule has 1 saturated heterocycles. The first kappa shape index (κ1) is 17.9. The number of nitrogens with zero attached hydrogens (tertiary/aromatic N) is 1. The van der Waals surface area contributed by atoms with Gasteiger partial charge in [-0.3, -0.25) is 0 Å². The highest BCUT2D eigenvalue weighted by molar-refractivity contribution is 5.93. The van der Waals surface area contributed by atoms with E-state index in [9.17, 15) is 4.39 Å². The van der Waals surface area contributed by atoms with Gasteiger partial charge in [0.1, 0.15) is 5.82 Å². The van der Waals surface area contributed by atoms with Crippen LogP contribution in [0.3, 0.4) is 0 Å². The quantitative estimate of drug-likeness (QED) is 0.589. The molecule has 1 unspecified atom stereocenters. The number of rotatable bonds is 6. The average molecular weight is 363 g/mol. The maximum absolute atomic E-state index is 14.3. The van der Waals surface area contributed by atoms with Crippen LogP contribution in [-0.2, 0) is 0 Å².